The predicted octanol–water partition coefficient (Wildman–Crippen LogP) is 2.64. The van der Waals surface area contributed by atoms with Crippen LogP contribution in [0, 0.1) is 12.8 Å². The van der Waals surface area contributed by atoms with Gasteiger partial charge in [0.05, 0.1) is 6.42 Å². The summed E-state index contributed by atoms with van der Waals surface area (Å²) in [5.74, 6) is 3.83. The maximum Gasteiger partial charge on any atom is 0.226 e. The largest absolute Gasteiger partial charge is 0.354 e. The Balaban J connectivity index is 1.28. The van der Waals surface area contributed by atoms with Gasteiger partial charge < -0.3 is 20.0 Å². The van der Waals surface area contributed by atoms with Crippen LogP contribution in [0.1, 0.15) is 23.5 Å². The number of likely N-dealkylation sites (N-methyl/N-ethyl adjacent to an activating group) is 1. The normalized spacial score (nSPS) is 18.7. The lowest BCUT2D eigenvalue weighted by atomic mass is 10.0. The molecule has 1 atom stereocenters. The van der Waals surface area contributed by atoms with Crippen LogP contribution >= 0.6 is 0 Å². The minimum atomic E-state index is 0.196. The zero-order chi connectivity index (χ0) is 24.2. The Kier molecular flexibility index (Phi) is 6.94. The third kappa shape index (κ3) is 5.97. The molecule has 3 aromatic rings. The van der Waals surface area contributed by atoms with Crippen molar-refractivity contribution < 1.29 is 4.79 Å². The number of aromatic nitrogens is 4. The Morgan fingerprint density at radius 2 is 1.86 bits per heavy atom. The van der Waals surface area contributed by atoms with Crippen molar-refractivity contribution in [3.05, 3.63) is 59.5 Å². The van der Waals surface area contributed by atoms with Crippen molar-refractivity contribution in [1.29, 1.82) is 0 Å². The maximum absolute atomic E-state index is 12.8. The fourth-order valence-electron chi connectivity index (χ4n) is 4.82. The topological polar surface area (TPSA) is 93.3 Å². The molecule has 9 heteroatoms. The van der Waals surface area contributed by atoms with Gasteiger partial charge in [0.1, 0.15) is 17.5 Å². The first-order valence-electron chi connectivity index (χ1n) is 12.4. The minimum Gasteiger partial charge on any atom is -0.354 e. The van der Waals surface area contributed by atoms with Gasteiger partial charge in [-0.15, -0.1) is 0 Å². The van der Waals surface area contributed by atoms with Gasteiger partial charge in [-0.1, -0.05) is 30.3 Å². The number of nitrogens with zero attached hydrogens (tertiary/aromatic N) is 6. The van der Waals surface area contributed by atoms with E-state index in [0.717, 1.165) is 86.6 Å². The van der Waals surface area contributed by atoms with Crippen LogP contribution in [0.15, 0.2) is 42.5 Å². The number of hydrogen-bond donors (Lipinski definition) is 2. The van der Waals surface area contributed by atoms with E-state index >= 15 is 0 Å². The molecule has 0 unspecified atom stereocenters. The zero-order valence-corrected chi connectivity index (χ0v) is 20.6. The van der Waals surface area contributed by atoms with Gasteiger partial charge in [-0.25, -0.2) is 9.97 Å². The van der Waals surface area contributed by atoms with E-state index in [-0.39, 0.29) is 5.91 Å². The van der Waals surface area contributed by atoms with Crippen molar-refractivity contribution in [3.8, 4) is 0 Å². The molecule has 184 valence electrons. The van der Waals surface area contributed by atoms with Crippen LogP contribution in [0.5, 0.6) is 0 Å². The van der Waals surface area contributed by atoms with Gasteiger partial charge in [-0.05, 0) is 31.9 Å². The number of carbonyl (C=O) groups is 1. The van der Waals surface area contributed by atoms with Crippen molar-refractivity contribution in [2.24, 2.45) is 5.92 Å². The lowest BCUT2D eigenvalue weighted by Gasteiger charge is -2.33. The van der Waals surface area contributed by atoms with Crippen molar-refractivity contribution in [1.82, 2.24) is 30.0 Å². The van der Waals surface area contributed by atoms with Gasteiger partial charge in [0.2, 0.25) is 5.91 Å². The number of hydrogen-bond acceptors (Lipinski definition) is 7. The molecule has 1 aromatic carbocycles. The number of carbonyl (C=O) groups excluding carboxylic acids is 1. The molecule has 4 heterocycles. The Morgan fingerprint density at radius 3 is 2.60 bits per heavy atom. The Hall–Kier alpha value is -3.46. The molecule has 0 saturated carbocycles. The van der Waals surface area contributed by atoms with Gasteiger partial charge in [0, 0.05) is 63.5 Å². The number of aromatic amines is 1. The molecule has 2 aromatic heterocycles. The molecule has 35 heavy (non-hydrogen) atoms. The highest BCUT2D eigenvalue weighted by Gasteiger charge is 2.27. The smallest absolute Gasteiger partial charge is 0.226 e. The molecule has 2 aliphatic rings. The van der Waals surface area contributed by atoms with Crippen molar-refractivity contribution >= 4 is 23.4 Å². The first-order chi connectivity index (χ1) is 17.0. The molecule has 2 N–H and O–H groups in total. The number of H-pyrrole nitrogens is 1. The van der Waals surface area contributed by atoms with E-state index in [9.17, 15) is 4.79 Å². The third-order valence-corrected chi connectivity index (χ3v) is 6.86. The summed E-state index contributed by atoms with van der Waals surface area (Å²) in [5, 5.41) is 10.6. The summed E-state index contributed by atoms with van der Waals surface area (Å²) in [4.78, 5) is 29.3. The number of benzene rings is 1. The van der Waals surface area contributed by atoms with Crippen LogP contribution in [-0.2, 0) is 17.6 Å². The molecular weight excluding hydrogens is 440 g/mol. The van der Waals surface area contributed by atoms with Crippen LogP contribution in [0.25, 0.3) is 0 Å². The van der Waals surface area contributed by atoms with Gasteiger partial charge in [0.15, 0.2) is 5.82 Å². The molecule has 2 fully saturated rings. The second-order valence-electron chi connectivity index (χ2n) is 9.74. The van der Waals surface area contributed by atoms with E-state index in [1.54, 1.807) is 0 Å². The highest BCUT2D eigenvalue weighted by molar-refractivity contribution is 5.79. The summed E-state index contributed by atoms with van der Waals surface area (Å²) in [7, 11) is 2.15. The minimum absolute atomic E-state index is 0.196. The number of anilines is 3. The maximum atomic E-state index is 12.8. The third-order valence-electron chi connectivity index (χ3n) is 6.86. The SMILES string of the molecule is Cc1cc(Nc2cc(N3CCN(C)CC3)nc(C[C@@H]3CCN(C(=O)Cc4ccccc4)C3)n2)n[nH]1. The Labute approximate surface area is 206 Å². The zero-order valence-electron chi connectivity index (χ0n) is 20.6. The van der Waals surface area contributed by atoms with Crippen LogP contribution < -0.4 is 10.2 Å². The molecule has 0 bridgehead atoms. The van der Waals surface area contributed by atoms with E-state index < -0.39 is 0 Å². The Morgan fingerprint density at radius 1 is 1.06 bits per heavy atom. The molecule has 9 nitrogen and oxygen atoms in total. The quantitative estimate of drug-likeness (QED) is 0.544. The van der Waals surface area contributed by atoms with E-state index in [2.05, 4.69) is 32.4 Å². The average molecular weight is 475 g/mol. The number of aryl methyl sites for hydroxylation is 1. The van der Waals surface area contributed by atoms with Crippen LogP contribution in [0.3, 0.4) is 0 Å². The second kappa shape index (κ2) is 10.4. The summed E-state index contributed by atoms with van der Waals surface area (Å²) >= 11 is 0. The number of rotatable bonds is 7. The molecule has 1 amide bonds. The average Bonchev–Trinajstić information content (AvgIpc) is 3.49. The van der Waals surface area contributed by atoms with E-state index in [1.807, 2.05) is 54.3 Å². The van der Waals surface area contributed by atoms with Crippen molar-refractivity contribution in [2.75, 3.05) is 56.5 Å². The number of nitrogens with one attached hydrogen (secondary N) is 2. The lowest BCUT2D eigenvalue weighted by molar-refractivity contribution is -0.129. The predicted molar refractivity (Wildman–Crippen MR) is 137 cm³/mol. The summed E-state index contributed by atoms with van der Waals surface area (Å²) in [6, 6.07) is 13.9. The monoisotopic (exact) mass is 474 g/mol. The second-order valence-corrected chi connectivity index (χ2v) is 9.74. The molecule has 0 aliphatic carbocycles. The fraction of sp³-hybridized carbons (Fsp3) is 0.462. The van der Waals surface area contributed by atoms with Gasteiger partial charge in [0.25, 0.3) is 0 Å². The summed E-state index contributed by atoms with van der Waals surface area (Å²) in [5.41, 5.74) is 2.06. The Bertz CT molecular complexity index is 1140. The molecule has 0 spiro atoms. The summed E-state index contributed by atoms with van der Waals surface area (Å²) in [6.45, 7) is 7.45. The van der Waals surface area contributed by atoms with Crippen LogP contribution in [0.4, 0.5) is 17.5 Å². The highest BCUT2D eigenvalue weighted by atomic mass is 16.2. The van der Waals surface area contributed by atoms with Crippen molar-refractivity contribution in [3.63, 3.8) is 0 Å². The molecule has 2 saturated heterocycles. The molecule has 2 aliphatic heterocycles. The first-order valence-corrected chi connectivity index (χ1v) is 12.4. The van der Waals surface area contributed by atoms with Crippen LogP contribution in [-0.4, -0.2) is 82.2 Å². The standard InChI is InChI=1S/C26H34N8O/c1-19-14-24(31-30-19)28-23-17-25(33-12-10-32(2)11-13-33)29-22(27-23)15-21-8-9-34(18-21)26(35)16-20-6-4-3-5-7-20/h3-7,14,17,21H,8-13,15-16,18H2,1-2H3,(H2,27,28,29,30,31)/t21-/m0/s1. The van der Waals surface area contributed by atoms with Gasteiger partial charge >= 0.3 is 0 Å². The van der Waals surface area contributed by atoms with E-state index in [0.29, 0.717) is 12.3 Å². The van der Waals surface area contributed by atoms with Gasteiger partial charge in [-0.2, -0.15) is 5.10 Å². The summed E-state index contributed by atoms with van der Waals surface area (Å²) in [6.07, 6.45) is 2.19. The van der Waals surface area contributed by atoms with Crippen molar-refractivity contribution in [2.45, 2.75) is 26.2 Å². The number of likely N-dealkylation sites (tertiary alicyclic amines) is 1. The van der Waals surface area contributed by atoms with E-state index in [4.69, 9.17) is 9.97 Å². The fourth-order valence-corrected chi connectivity index (χ4v) is 4.82. The highest BCUT2D eigenvalue weighted by Crippen LogP contribution is 2.25. The molecule has 5 rings (SSSR count). The van der Waals surface area contributed by atoms with Crippen LogP contribution in [0.2, 0.25) is 0 Å². The van der Waals surface area contributed by atoms with E-state index in [1.165, 1.54) is 0 Å². The molecular formula is C26H34N8O. The first kappa shape index (κ1) is 23.3. The summed E-state index contributed by atoms with van der Waals surface area (Å²) < 4.78 is 0. The lowest BCUT2D eigenvalue weighted by Crippen LogP contribution is -2.45. The number of piperazine rings is 1. The number of amides is 1. The van der Waals surface area contributed by atoms with Gasteiger partial charge in [-0.3, -0.25) is 9.89 Å². The molecule has 0 radical (unpaired) electrons.